The van der Waals surface area contributed by atoms with Gasteiger partial charge in [0, 0.05) is 37.3 Å². The van der Waals surface area contributed by atoms with Gasteiger partial charge < -0.3 is 4.57 Å². The van der Waals surface area contributed by atoms with E-state index in [2.05, 4.69) is 108 Å². The van der Waals surface area contributed by atoms with Gasteiger partial charge in [-0.05, 0) is 109 Å². The van der Waals surface area contributed by atoms with Crippen LogP contribution in [-0.2, 0) is 6.42 Å². The van der Waals surface area contributed by atoms with Gasteiger partial charge in [0.25, 0.3) is 0 Å². The third-order valence-corrected chi connectivity index (χ3v) is 10.00. The first-order valence-corrected chi connectivity index (χ1v) is 15.1. The summed E-state index contributed by atoms with van der Waals surface area (Å²) in [5.41, 5.74) is 9.80. The molecule has 0 N–H and O–H groups in total. The van der Waals surface area contributed by atoms with Gasteiger partial charge in [-0.25, -0.2) is 0 Å². The number of thiophene rings is 1. The van der Waals surface area contributed by atoms with Gasteiger partial charge in [-0.1, -0.05) is 48.6 Å². The SMILES string of the molecule is N#Cc1ccc2sc3c(c2c1)C=C(c1ccc2c(c1)c1ccccc1n2-c1ccc(C2C=CCCC2)cc1)CC3. The lowest BCUT2D eigenvalue weighted by Gasteiger charge is -2.17. The summed E-state index contributed by atoms with van der Waals surface area (Å²) in [5, 5.41) is 13.2. The fourth-order valence-corrected chi connectivity index (χ4v) is 7.88. The molecule has 1 atom stereocenters. The van der Waals surface area contributed by atoms with Crippen LogP contribution in [0.15, 0.2) is 97.1 Å². The Labute approximate surface area is 238 Å². The van der Waals surface area contributed by atoms with Crippen molar-refractivity contribution in [1.82, 2.24) is 4.57 Å². The Morgan fingerprint density at radius 2 is 1.70 bits per heavy atom. The average Bonchev–Trinajstić information content (AvgIpc) is 3.56. The Hall–Kier alpha value is -4.39. The Morgan fingerprint density at radius 3 is 2.55 bits per heavy atom. The van der Waals surface area contributed by atoms with E-state index in [0.717, 1.165) is 18.4 Å². The van der Waals surface area contributed by atoms with Crippen LogP contribution in [0.4, 0.5) is 0 Å². The maximum absolute atomic E-state index is 9.45. The molecule has 0 saturated carbocycles. The molecule has 0 spiro atoms. The van der Waals surface area contributed by atoms with Crippen LogP contribution >= 0.6 is 11.3 Å². The summed E-state index contributed by atoms with van der Waals surface area (Å²) in [6, 6.07) is 33.4. The van der Waals surface area contributed by atoms with Crippen LogP contribution < -0.4 is 0 Å². The third kappa shape index (κ3) is 3.75. The molecule has 6 aromatic rings. The number of fused-ring (bicyclic) bond motifs is 6. The second kappa shape index (κ2) is 9.37. The molecule has 2 aromatic heterocycles. The highest BCUT2D eigenvalue weighted by molar-refractivity contribution is 7.19. The van der Waals surface area contributed by atoms with Crippen molar-refractivity contribution in [2.24, 2.45) is 0 Å². The Morgan fingerprint density at radius 1 is 0.825 bits per heavy atom. The van der Waals surface area contributed by atoms with Crippen molar-refractivity contribution in [3.8, 4) is 11.8 Å². The molecular weight excluding hydrogens is 504 g/mol. The van der Waals surface area contributed by atoms with Crippen LogP contribution in [-0.4, -0.2) is 4.57 Å². The van der Waals surface area contributed by atoms with Crippen molar-refractivity contribution in [2.75, 3.05) is 0 Å². The smallest absolute Gasteiger partial charge is 0.0991 e. The van der Waals surface area contributed by atoms with E-state index in [4.69, 9.17) is 0 Å². The highest BCUT2D eigenvalue weighted by atomic mass is 32.1. The summed E-state index contributed by atoms with van der Waals surface area (Å²) in [6.07, 6.45) is 12.9. The second-order valence-corrected chi connectivity index (χ2v) is 12.2. The van der Waals surface area contributed by atoms with E-state index >= 15 is 0 Å². The summed E-state index contributed by atoms with van der Waals surface area (Å²) in [6.45, 7) is 0. The lowest BCUT2D eigenvalue weighted by Crippen LogP contribution is -2.00. The van der Waals surface area contributed by atoms with E-state index in [-0.39, 0.29) is 0 Å². The minimum absolute atomic E-state index is 0.541. The van der Waals surface area contributed by atoms with Crippen LogP contribution in [0.2, 0.25) is 0 Å². The molecule has 2 heterocycles. The Balaban J connectivity index is 1.24. The minimum atomic E-state index is 0.541. The van der Waals surface area contributed by atoms with Gasteiger partial charge in [0.05, 0.1) is 22.7 Å². The lowest BCUT2D eigenvalue weighted by atomic mass is 9.89. The summed E-state index contributed by atoms with van der Waals surface area (Å²) < 4.78 is 3.68. The summed E-state index contributed by atoms with van der Waals surface area (Å²) in [7, 11) is 0. The normalized spacial score (nSPS) is 16.8. The van der Waals surface area contributed by atoms with Gasteiger partial charge in [-0.2, -0.15) is 5.26 Å². The van der Waals surface area contributed by atoms with Crippen molar-refractivity contribution in [2.45, 2.75) is 38.0 Å². The van der Waals surface area contributed by atoms with Crippen molar-refractivity contribution in [3.63, 3.8) is 0 Å². The maximum Gasteiger partial charge on any atom is 0.0991 e. The van der Waals surface area contributed by atoms with Crippen LogP contribution in [0.5, 0.6) is 0 Å². The predicted octanol–water partition coefficient (Wildman–Crippen LogP) is 10.2. The molecule has 40 heavy (non-hydrogen) atoms. The molecule has 0 bridgehead atoms. The fraction of sp³-hybridized carbons (Fsp3) is 0.162. The summed E-state index contributed by atoms with van der Waals surface area (Å²) >= 11 is 1.87. The van der Waals surface area contributed by atoms with E-state index in [9.17, 15) is 5.26 Å². The standard InChI is InChI=1S/C37H28N2S/c38-23-24-10-18-36-32(20-24)33-22-28(14-19-37(33)40-36)27-13-17-35-31(21-27)30-8-4-5-9-34(30)39(35)29-15-11-26(12-16-29)25-6-2-1-3-7-25/h2,4-6,8-13,15-18,20-22,25H,1,3,7,14,19H2. The minimum Gasteiger partial charge on any atom is -0.309 e. The highest BCUT2D eigenvalue weighted by Crippen LogP contribution is 2.42. The molecule has 0 saturated heterocycles. The first-order valence-electron chi connectivity index (χ1n) is 14.2. The van der Waals surface area contributed by atoms with E-state index in [0.29, 0.717) is 5.92 Å². The van der Waals surface area contributed by atoms with Crippen molar-refractivity contribution >= 4 is 54.9 Å². The zero-order valence-electron chi connectivity index (χ0n) is 22.2. The van der Waals surface area contributed by atoms with Gasteiger partial charge in [-0.3, -0.25) is 0 Å². The molecule has 2 aliphatic rings. The third-order valence-electron chi connectivity index (χ3n) is 8.75. The largest absolute Gasteiger partial charge is 0.309 e. The quantitative estimate of drug-likeness (QED) is 0.208. The first-order chi connectivity index (χ1) is 19.8. The van der Waals surface area contributed by atoms with E-state index < -0.39 is 0 Å². The molecular formula is C37H28N2S. The monoisotopic (exact) mass is 532 g/mol. The molecule has 4 aromatic carbocycles. The number of benzene rings is 4. The molecule has 0 amide bonds. The molecule has 3 heteroatoms. The van der Waals surface area contributed by atoms with Gasteiger partial charge in [0.15, 0.2) is 0 Å². The molecule has 8 rings (SSSR count). The molecule has 0 fully saturated rings. The highest BCUT2D eigenvalue weighted by Gasteiger charge is 2.20. The number of aromatic nitrogens is 1. The molecule has 1 unspecified atom stereocenters. The van der Waals surface area contributed by atoms with Crippen molar-refractivity contribution in [3.05, 3.63) is 124 Å². The number of aryl methyl sites for hydroxylation is 1. The zero-order valence-corrected chi connectivity index (χ0v) is 23.0. The number of nitrogens with zero attached hydrogens (tertiary/aromatic N) is 2. The molecule has 2 aliphatic carbocycles. The molecule has 192 valence electrons. The number of allylic oxidation sites excluding steroid dienone is 3. The van der Waals surface area contributed by atoms with Gasteiger partial charge in [-0.15, -0.1) is 11.3 Å². The maximum atomic E-state index is 9.45. The van der Waals surface area contributed by atoms with E-state index in [1.807, 2.05) is 17.4 Å². The Bertz CT molecular complexity index is 2040. The van der Waals surface area contributed by atoms with Crippen molar-refractivity contribution in [1.29, 1.82) is 5.26 Å². The Kier molecular flexibility index (Phi) is 5.50. The summed E-state index contributed by atoms with van der Waals surface area (Å²) in [5.74, 6) is 0.541. The number of nitriles is 1. The number of rotatable bonds is 3. The summed E-state index contributed by atoms with van der Waals surface area (Å²) in [4.78, 5) is 1.43. The van der Waals surface area contributed by atoms with Gasteiger partial charge in [0.2, 0.25) is 0 Å². The predicted molar refractivity (Wildman–Crippen MR) is 169 cm³/mol. The molecule has 2 nitrogen and oxygen atoms in total. The van der Waals surface area contributed by atoms with Crippen LogP contribution in [0.3, 0.4) is 0 Å². The zero-order chi connectivity index (χ0) is 26.6. The topological polar surface area (TPSA) is 28.7 Å². The molecule has 0 aliphatic heterocycles. The van der Waals surface area contributed by atoms with Gasteiger partial charge >= 0.3 is 0 Å². The van der Waals surface area contributed by atoms with Crippen LogP contribution in [0.25, 0.3) is 49.2 Å². The van der Waals surface area contributed by atoms with Crippen molar-refractivity contribution < 1.29 is 0 Å². The first kappa shape index (κ1) is 23.5. The van der Waals surface area contributed by atoms with Crippen LogP contribution in [0, 0.1) is 11.3 Å². The van der Waals surface area contributed by atoms with Crippen LogP contribution in [0.1, 0.15) is 58.7 Å². The fourth-order valence-electron chi connectivity index (χ4n) is 6.71. The average molecular weight is 533 g/mol. The van der Waals surface area contributed by atoms with E-state index in [1.165, 1.54) is 84.0 Å². The van der Waals surface area contributed by atoms with E-state index in [1.54, 1.807) is 0 Å². The molecule has 0 radical (unpaired) electrons. The number of hydrogen-bond acceptors (Lipinski definition) is 2. The number of para-hydroxylation sites is 1. The number of hydrogen-bond donors (Lipinski definition) is 0. The lowest BCUT2D eigenvalue weighted by molar-refractivity contribution is 0.654. The second-order valence-electron chi connectivity index (χ2n) is 11.1. The van der Waals surface area contributed by atoms with Gasteiger partial charge in [0.1, 0.15) is 0 Å².